The van der Waals surface area contributed by atoms with Gasteiger partial charge in [0.2, 0.25) is 0 Å². The Bertz CT molecular complexity index is 331. The summed E-state index contributed by atoms with van der Waals surface area (Å²) >= 11 is 0. The van der Waals surface area contributed by atoms with E-state index < -0.39 is 11.6 Å². The number of carbonyl (C=O) groups is 1. The van der Waals surface area contributed by atoms with E-state index in [0.717, 1.165) is 12.1 Å². The summed E-state index contributed by atoms with van der Waals surface area (Å²) < 4.78 is 24.9. The molecule has 0 spiro atoms. The summed E-state index contributed by atoms with van der Waals surface area (Å²) in [5.41, 5.74) is 0.429. The highest BCUT2D eigenvalue weighted by Crippen LogP contribution is 2.13. The maximum Gasteiger partial charge on any atom is 0.159 e. The van der Waals surface area contributed by atoms with Crippen LogP contribution in [0.3, 0.4) is 0 Å². The number of carbonyl (C=O) groups excluding carboxylic acids is 1. The van der Waals surface area contributed by atoms with Crippen molar-refractivity contribution in [3.63, 3.8) is 0 Å². The third-order valence-corrected chi connectivity index (χ3v) is 1.43. The lowest BCUT2D eigenvalue weighted by atomic mass is 10.1. The van der Waals surface area contributed by atoms with Crippen molar-refractivity contribution in [2.24, 2.45) is 0 Å². The Kier molecular flexibility index (Phi) is 2.33. The number of rotatable bonds is 2. The highest BCUT2D eigenvalue weighted by Gasteiger charge is 2.03. The van der Waals surface area contributed by atoms with Gasteiger partial charge >= 0.3 is 0 Å². The molecule has 0 aromatic heterocycles. The molecule has 1 aromatic carbocycles. The second-order valence-corrected chi connectivity index (χ2v) is 2.27. The summed E-state index contributed by atoms with van der Waals surface area (Å²) in [7, 11) is 0. The van der Waals surface area contributed by atoms with Crippen LogP contribution in [0.4, 0.5) is 8.78 Å². The Balaban J connectivity index is 3.13. The molecule has 0 amide bonds. The van der Waals surface area contributed by atoms with Crippen molar-refractivity contribution < 1.29 is 13.6 Å². The minimum absolute atomic E-state index is 0.133. The molecule has 12 heavy (non-hydrogen) atoms. The van der Waals surface area contributed by atoms with E-state index in [2.05, 4.69) is 6.58 Å². The maximum atomic E-state index is 12.5. The molecule has 1 nitrogen and oxygen atoms in total. The van der Waals surface area contributed by atoms with Crippen LogP contribution in [0.25, 0.3) is 5.57 Å². The number of aldehydes is 1. The number of allylic oxidation sites excluding steroid dienone is 1. The number of benzene rings is 1. The molecule has 0 fully saturated rings. The molecular formula is C9H6F2O. The summed E-state index contributed by atoms with van der Waals surface area (Å²) in [4.78, 5) is 10.2. The van der Waals surface area contributed by atoms with Crippen molar-refractivity contribution in [2.45, 2.75) is 0 Å². The Labute approximate surface area is 68.3 Å². The first-order valence-electron chi connectivity index (χ1n) is 3.24. The van der Waals surface area contributed by atoms with Gasteiger partial charge in [-0.3, -0.25) is 4.79 Å². The predicted molar refractivity (Wildman–Crippen MR) is 41.5 cm³/mol. The molecule has 0 aliphatic heterocycles. The van der Waals surface area contributed by atoms with Gasteiger partial charge in [-0.05, 0) is 17.7 Å². The van der Waals surface area contributed by atoms with Gasteiger partial charge in [-0.15, -0.1) is 0 Å². The number of halogens is 2. The minimum Gasteiger partial charge on any atom is -0.298 e. The third kappa shape index (κ3) is 1.56. The number of hydrogen-bond acceptors (Lipinski definition) is 1. The second-order valence-electron chi connectivity index (χ2n) is 2.27. The zero-order chi connectivity index (χ0) is 9.14. The van der Waals surface area contributed by atoms with Gasteiger partial charge in [0.15, 0.2) is 11.6 Å². The van der Waals surface area contributed by atoms with Gasteiger partial charge in [0.1, 0.15) is 6.29 Å². The van der Waals surface area contributed by atoms with Crippen LogP contribution in [-0.4, -0.2) is 6.29 Å². The van der Waals surface area contributed by atoms with Crippen molar-refractivity contribution in [3.8, 4) is 0 Å². The average Bonchev–Trinajstić information content (AvgIpc) is 2.08. The van der Waals surface area contributed by atoms with E-state index in [1.54, 1.807) is 0 Å². The van der Waals surface area contributed by atoms with Crippen LogP contribution < -0.4 is 0 Å². The standard InChI is InChI=1S/C9H6F2O/c1-6(5-12)7-2-3-8(10)9(11)4-7/h2-5H,1H2. The fraction of sp³-hybridized carbons (Fsp3) is 0. The summed E-state index contributed by atoms with van der Waals surface area (Å²) in [6.07, 6.45) is 0.493. The molecule has 3 heteroatoms. The Morgan fingerprint density at radius 3 is 2.50 bits per heavy atom. The second kappa shape index (κ2) is 3.26. The lowest BCUT2D eigenvalue weighted by Gasteiger charge is -1.98. The topological polar surface area (TPSA) is 17.1 Å². The molecule has 0 heterocycles. The van der Waals surface area contributed by atoms with Crippen LogP contribution in [0, 0.1) is 11.6 Å². The summed E-state index contributed by atoms with van der Waals surface area (Å²) in [5.74, 6) is -1.91. The van der Waals surface area contributed by atoms with E-state index in [1.807, 2.05) is 0 Å². The Morgan fingerprint density at radius 1 is 1.33 bits per heavy atom. The molecule has 1 aromatic rings. The van der Waals surface area contributed by atoms with Crippen molar-refractivity contribution in [2.75, 3.05) is 0 Å². The van der Waals surface area contributed by atoms with Gasteiger partial charge in [-0.2, -0.15) is 0 Å². The van der Waals surface area contributed by atoms with E-state index in [1.165, 1.54) is 6.07 Å². The fourth-order valence-electron chi connectivity index (χ4n) is 0.764. The molecule has 1 rings (SSSR count). The van der Waals surface area contributed by atoms with Gasteiger partial charge in [-0.25, -0.2) is 8.78 Å². The van der Waals surface area contributed by atoms with Crippen molar-refractivity contribution in [1.29, 1.82) is 0 Å². The first kappa shape index (κ1) is 8.59. The van der Waals surface area contributed by atoms with E-state index in [4.69, 9.17) is 0 Å². The first-order valence-corrected chi connectivity index (χ1v) is 3.24. The minimum atomic E-state index is -0.976. The molecule has 0 unspecified atom stereocenters. The molecular weight excluding hydrogens is 162 g/mol. The lowest BCUT2D eigenvalue weighted by Crippen LogP contribution is -1.88. The molecule has 0 saturated carbocycles. The molecule has 0 radical (unpaired) electrons. The zero-order valence-electron chi connectivity index (χ0n) is 6.18. The maximum absolute atomic E-state index is 12.5. The van der Waals surface area contributed by atoms with Crippen LogP contribution in [0.2, 0.25) is 0 Å². The SMILES string of the molecule is C=C(C=O)c1ccc(F)c(F)c1. The molecule has 62 valence electrons. The Morgan fingerprint density at radius 2 is 2.00 bits per heavy atom. The van der Waals surface area contributed by atoms with Crippen LogP contribution >= 0.6 is 0 Å². The highest BCUT2D eigenvalue weighted by atomic mass is 19.2. The molecule has 0 N–H and O–H groups in total. The van der Waals surface area contributed by atoms with Crippen LogP contribution in [0.15, 0.2) is 24.8 Å². The lowest BCUT2D eigenvalue weighted by molar-refractivity contribution is -0.103. The largest absolute Gasteiger partial charge is 0.298 e. The van der Waals surface area contributed by atoms with Crippen molar-refractivity contribution in [3.05, 3.63) is 42.0 Å². The highest BCUT2D eigenvalue weighted by molar-refractivity contribution is 6.05. The third-order valence-electron chi connectivity index (χ3n) is 1.43. The molecule has 0 atom stereocenters. The summed E-state index contributed by atoms with van der Waals surface area (Å²) in [6.45, 7) is 3.36. The van der Waals surface area contributed by atoms with Gasteiger partial charge in [0, 0.05) is 5.57 Å². The van der Waals surface area contributed by atoms with Gasteiger partial charge < -0.3 is 0 Å². The zero-order valence-corrected chi connectivity index (χ0v) is 6.18. The van der Waals surface area contributed by atoms with Crippen LogP contribution in [0.1, 0.15) is 5.56 Å². The summed E-state index contributed by atoms with van der Waals surface area (Å²) in [6, 6.07) is 3.20. The smallest absolute Gasteiger partial charge is 0.159 e. The van der Waals surface area contributed by atoms with E-state index >= 15 is 0 Å². The van der Waals surface area contributed by atoms with Gasteiger partial charge in [0.05, 0.1) is 0 Å². The Hall–Kier alpha value is -1.51. The van der Waals surface area contributed by atoms with E-state index in [0.29, 0.717) is 11.8 Å². The molecule has 0 aliphatic carbocycles. The average molecular weight is 168 g/mol. The van der Waals surface area contributed by atoms with Crippen molar-refractivity contribution in [1.82, 2.24) is 0 Å². The van der Waals surface area contributed by atoms with Crippen LogP contribution in [-0.2, 0) is 4.79 Å². The first-order chi connectivity index (χ1) is 5.65. The predicted octanol–water partition coefficient (Wildman–Crippen LogP) is 2.18. The van der Waals surface area contributed by atoms with Crippen LogP contribution in [0.5, 0.6) is 0 Å². The number of hydrogen-bond donors (Lipinski definition) is 0. The monoisotopic (exact) mass is 168 g/mol. The van der Waals surface area contributed by atoms with Crippen molar-refractivity contribution >= 4 is 11.9 Å². The molecule has 0 bridgehead atoms. The quantitative estimate of drug-likeness (QED) is 0.488. The normalized spacial score (nSPS) is 9.50. The summed E-state index contributed by atoms with van der Waals surface area (Å²) in [5, 5.41) is 0. The molecule has 0 aliphatic rings. The van der Waals surface area contributed by atoms with E-state index in [-0.39, 0.29) is 5.57 Å². The fourth-order valence-corrected chi connectivity index (χ4v) is 0.764. The molecule has 0 saturated heterocycles. The van der Waals surface area contributed by atoms with Gasteiger partial charge in [0.25, 0.3) is 0 Å². The van der Waals surface area contributed by atoms with Gasteiger partial charge in [-0.1, -0.05) is 12.6 Å². The van der Waals surface area contributed by atoms with E-state index in [9.17, 15) is 13.6 Å².